The smallest absolute Gasteiger partial charge is 0.326 e. The van der Waals surface area contributed by atoms with Crippen LogP contribution in [0.15, 0.2) is 28.8 Å². The van der Waals surface area contributed by atoms with Crippen molar-refractivity contribution in [1.29, 1.82) is 0 Å². The number of carbonyl (C=O) groups is 1. The van der Waals surface area contributed by atoms with Gasteiger partial charge in [-0.2, -0.15) is 4.98 Å². The predicted molar refractivity (Wildman–Crippen MR) is 89.0 cm³/mol. The molecule has 1 unspecified atom stereocenters. The fraction of sp³-hybridized carbons (Fsp3) is 0.471. The van der Waals surface area contributed by atoms with E-state index in [0.717, 1.165) is 5.69 Å². The number of para-hydroxylation sites is 2. The second-order valence-electron chi connectivity index (χ2n) is 6.39. The molecule has 0 bridgehead atoms. The number of aromatic nitrogens is 2. The van der Waals surface area contributed by atoms with Gasteiger partial charge >= 0.3 is 5.97 Å². The Hall–Kier alpha value is -2.57. The molecule has 0 fully saturated rings. The average molecular weight is 333 g/mol. The van der Waals surface area contributed by atoms with E-state index in [4.69, 9.17) is 14.0 Å². The van der Waals surface area contributed by atoms with E-state index in [-0.39, 0.29) is 17.9 Å². The topological polar surface area (TPSA) is 86.5 Å². The number of ether oxygens (including phenoxy) is 2. The number of nitrogens with zero attached hydrogens (tertiary/aromatic N) is 2. The lowest BCUT2D eigenvalue weighted by atomic mass is 9.96. The van der Waals surface area contributed by atoms with Crippen molar-refractivity contribution in [3.8, 4) is 5.75 Å². The van der Waals surface area contributed by atoms with Crippen molar-refractivity contribution in [2.24, 2.45) is 0 Å². The molecule has 1 aromatic heterocycles. The highest BCUT2D eigenvalue weighted by Crippen LogP contribution is 2.24. The third-order valence-electron chi connectivity index (χ3n) is 3.30. The lowest BCUT2D eigenvalue weighted by Gasteiger charge is -2.13. The number of hydrogen-bond donors (Lipinski definition) is 1. The molecule has 1 N–H and O–H groups in total. The molecule has 7 heteroatoms. The van der Waals surface area contributed by atoms with Crippen LogP contribution >= 0.6 is 0 Å². The fourth-order valence-electron chi connectivity index (χ4n) is 1.95. The summed E-state index contributed by atoms with van der Waals surface area (Å²) in [5.74, 6) is 1.09. The van der Waals surface area contributed by atoms with Crippen molar-refractivity contribution >= 4 is 11.7 Å². The van der Waals surface area contributed by atoms with Crippen LogP contribution in [0.5, 0.6) is 5.75 Å². The van der Waals surface area contributed by atoms with E-state index in [9.17, 15) is 4.79 Å². The third-order valence-corrected chi connectivity index (χ3v) is 3.30. The van der Waals surface area contributed by atoms with E-state index in [1.165, 1.54) is 0 Å². The van der Waals surface area contributed by atoms with E-state index in [1.807, 2.05) is 45.0 Å². The van der Waals surface area contributed by atoms with Crippen LogP contribution in [0.4, 0.5) is 5.69 Å². The second kappa shape index (κ2) is 7.33. The van der Waals surface area contributed by atoms with Gasteiger partial charge in [-0.05, 0) is 19.1 Å². The summed E-state index contributed by atoms with van der Waals surface area (Å²) in [4.78, 5) is 16.3. The molecule has 1 heterocycles. The molecule has 2 aromatic rings. The Bertz CT molecular complexity index is 691. The van der Waals surface area contributed by atoms with E-state index in [2.05, 4.69) is 15.5 Å². The Labute approximate surface area is 141 Å². The van der Waals surface area contributed by atoms with Crippen LogP contribution in [-0.4, -0.2) is 29.8 Å². The number of carbonyl (C=O) groups excluding carboxylic acids is 1. The zero-order valence-corrected chi connectivity index (χ0v) is 14.6. The van der Waals surface area contributed by atoms with Crippen molar-refractivity contribution in [2.75, 3.05) is 19.0 Å². The molecule has 0 saturated heterocycles. The van der Waals surface area contributed by atoms with Gasteiger partial charge in [-0.3, -0.25) is 4.79 Å². The van der Waals surface area contributed by atoms with Crippen LogP contribution in [0.2, 0.25) is 0 Å². The van der Waals surface area contributed by atoms with E-state index in [1.54, 1.807) is 14.0 Å². The van der Waals surface area contributed by atoms with E-state index in [0.29, 0.717) is 11.6 Å². The lowest BCUT2D eigenvalue weighted by molar-refractivity contribution is -0.147. The van der Waals surface area contributed by atoms with Gasteiger partial charge in [0.25, 0.3) is 5.89 Å². The maximum absolute atomic E-state index is 12.0. The Balaban J connectivity index is 1.91. The van der Waals surface area contributed by atoms with Gasteiger partial charge in [0, 0.05) is 5.41 Å². The molecule has 1 atom stereocenters. The molecule has 7 nitrogen and oxygen atoms in total. The van der Waals surface area contributed by atoms with Crippen molar-refractivity contribution in [3.63, 3.8) is 0 Å². The second-order valence-corrected chi connectivity index (χ2v) is 6.39. The first-order valence-corrected chi connectivity index (χ1v) is 7.71. The van der Waals surface area contributed by atoms with Gasteiger partial charge < -0.3 is 19.3 Å². The summed E-state index contributed by atoms with van der Waals surface area (Å²) in [6, 6.07) is 7.34. The van der Waals surface area contributed by atoms with Crippen LogP contribution in [-0.2, 0) is 14.9 Å². The number of rotatable bonds is 6. The molecule has 0 spiro atoms. The number of hydrogen-bond acceptors (Lipinski definition) is 7. The Morgan fingerprint density at radius 1 is 1.33 bits per heavy atom. The monoisotopic (exact) mass is 333 g/mol. The van der Waals surface area contributed by atoms with Gasteiger partial charge in [0.1, 0.15) is 12.3 Å². The normalized spacial score (nSPS) is 12.5. The molecular formula is C17H23N3O4. The van der Waals surface area contributed by atoms with Gasteiger partial charge in [0.05, 0.1) is 12.8 Å². The molecule has 0 aliphatic rings. The highest BCUT2D eigenvalue weighted by molar-refractivity contribution is 5.76. The Morgan fingerprint density at radius 3 is 2.67 bits per heavy atom. The molecule has 0 saturated carbocycles. The highest BCUT2D eigenvalue weighted by atomic mass is 16.6. The Morgan fingerprint density at radius 2 is 2.04 bits per heavy atom. The number of anilines is 1. The SMILES string of the molecule is COc1ccccc1NCC(=O)OC(C)c1nc(C(C)(C)C)no1. The summed E-state index contributed by atoms with van der Waals surface area (Å²) in [6.45, 7) is 7.65. The summed E-state index contributed by atoms with van der Waals surface area (Å²) >= 11 is 0. The van der Waals surface area contributed by atoms with Gasteiger partial charge in [0.15, 0.2) is 11.9 Å². The molecule has 0 aliphatic carbocycles. The van der Waals surface area contributed by atoms with Gasteiger partial charge in [-0.15, -0.1) is 0 Å². The molecule has 24 heavy (non-hydrogen) atoms. The third kappa shape index (κ3) is 4.47. The lowest BCUT2D eigenvalue weighted by Crippen LogP contribution is -2.19. The van der Waals surface area contributed by atoms with Crippen LogP contribution in [0.25, 0.3) is 0 Å². The van der Waals surface area contributed by atoms with Crippen molar-refractivity contribution in [1.82, 2.24) is 10.1 Å². The van der Waals surface area contributed by atoms with E-state index >= 15 is 0 Å². The van der Waals surface area contributed by atoms with Crippen LogP contribution in [0.1, 0.15) is 45.5 Å². The van der Waals surface area contributed by atoms with E-state index < -0.39 is 12.1 Å². The fourth-order valence-corrected chi connectivity index (χ4v) is 1.95. The molecular weight excluding hydrogens is 310 g/mol. The Kier molecular flexibility index (Phi) is 5.43. The number of esters is 1. The van der Waals surface area contributed by atoms with Crippen LogP contribution < -0.4 is 10.1 Å². The largest absolute Gasteiger partial charge is 0.495 e. The molecule has 0 amide bonds. The first kappa shape index (κ1) is 17.8. The first-order valence-electron chi connectivity index (χ1n) is 7.71. The molecule has 0 radical (unpaired) electrons. The standard InChI is InChI=1S/C17H23N3O4/c1-11(15-19-16(20-24-15)17(2,3)4)23-14(21)10-18-12-8-6-7-9-13(12)22-5/h6-9,11,18H,10H2,1-5H3. The van der Waals surface area contributed by atoms with Crippen LogP contribution in [0, 0.1) is 0 Å². The predicted octanol–water partition coefficient (Wildman–Crippen LogP) is 3.09. The maximum Gasteiger partial charge on any atom is 0.326 e. The number of methoxy groups -OCH3 is 1. The number of benzene rings is 1. The molecule has 130 valence electrons. The minimum Gasteiger partial charge on any atom is -0.495 e. The minimum atomic E-state index is -0.611. The van der Waals surface area contributed by atoms with Gasteiger partial charge in [-0.25, -0.2) is 0 Å². The quantitative estimate of drug-likeness (QED) is 0.813. The summed E-state index contributed by atoms with van der Waals surface area (Å²) in [5.41, 5.74) is 0.495. The van der Waals surface area contributed by atoms with Gasteiger partial charge in [0.2, 0.25) is 0 Å². The molecule has 2 rings (SSSR count). The van der Waals surface area contributed by atoms with Crippen LogP contribution in [0.3, 0.4) is 0 Å². The molecule has 1 aromatic carbocycles. The minimum absolute atomic E-state index is 0.00494. The zero-order valence-electron chi connectivity index (χ0n) is 14.6. The average Bonchev–Trinajstić information content (AvgIpc) is 3.03. The maximum atomic E-state index is 12.0. The highest BCUT2D eigenvalue weighted by Gasteiger charge is 2.24. The van der Waals surface area contributed by atoms with Crippen molar-refractivity contribution < 1.29 is 18.8 Å². The molecule has 0 aliphatic heterocycles. The van der Waals surface area contributed by atoms with Crippen molar-refractivity contribution in [2.45, 2.75) is 39.2 Å². The summed E-state index contributed by atoms with van der Waals surface area (Å²) in [5, 5.41) is 6.91. The zero-order chi connectivity index (χ0) is 17.7. The first-order chi connectivity index (χ1) is 11.3. The summed E-state index contributed by atoms with van der Waals surface area (Å²) in [6.07, 6.45) is -0.611. The number of nitrogens with one attached hydrogen (secondary N) is 1. The summed E-state index contributed by atoms with van der Waals surface area (Å²) < 4.78 is 15.7. The summed E-state index contributed by atoms with van der Waals surface area (Å²) in [7, 11) is 1.57. The van der Waals surface area contributed by atoms with Gasteiger partial charge in [-0.1, -0.05) is 38.1 Å². The van der Waals surface area contributed by atoms with Crippen molar-refractivity contribution in [3.05, 3.63) is 36.0 Å².